The Labute approximate surface area is 87.8 Å². The monoisotopic (exact) mass is 281 g/mol. The van der Waals surface area contributed by atoms with Crippen LogP contribution in [0.2, 0.25) is 0 Å². The molecule has 0 radical (unpaired) electrons. The van der Waals surface area contributed by atoms with Crippen molar-refractivity contribution in [2.24, 2.45) is 0 Å². The van der Waals surface area contributed by atoms with Crippen LogP contribution in [0.5, 0.6) is 0 Å². The molecule has 1 amide bonds. The summed E-state index contributed by atoms with van der Waals surface area (Å²) in [6.07, 6.45) is 4.98. The van der Waals surface area contributed by atoms with Gasteiger partial charge in [-0.05, 0) is 19.8 Å². The lowest BCUT2D eigenvalue weighted by Crippen LogP contribution is -2.38. The first-order valence-corrected chi connectivity index (χ1v) is 5.78. The van der Waals surface area contributed by atoms with Gasteiger partial charge in [0.25, 0.3) is 0 Å². The number of nitrogens with zero attached hydrogens (tertiary/aromatic N) is 1. The Bertz CT molecular complexity index is 164. The van der Waals surface area contributed by atoms with Crippen molar-refractivity contribution in [1.82, 2.24) is 4.90 Å². The van der Waals surface area contributed by atoms with Crippen molar-refractivity contribution in [1.29, 1.82) is 0 Å². The molecule has 0 bridgehead atoms. The lowest BCUT2D eigenvalue weighted by Gasteiger charge is -2.25. The maximum absolute atomic E-state index is 11.5. The summed E-state index contributed by atoms with van der Waals surface area (Å²) in [7, 11) is 1.94. The van der Waals surface area contributed by atoms with Gasteiger partial charge in [0, 0.05) is 13.1 Å². The van der Waals surface area contributed by atoms with Gasteiger partial charge in [0.05, 0.1) is 3.92 Å². The van der Waals surface area contributed by atoms with E-state index in [1.165, 1.54) is 25.7 Å². The molecule has 70 valence electrons. The molecule has 1 aliphatic rings. The summed E-state index contributed by atoms with van der Waals surface area (Å²) in [5.74, 6) is 0.280. The fourth-order valence-electron chi connectivity index (χ4n) is 1.75. The molecule has 0 aromatic carbocycles. The standard InChI is InChI=1S/C9H16INO/c1-7(10)9(12)11(2)8-5-3-4-6-8/h7-8H,3-6H2,1-2H3. The van der Waals surface area contributed by atoms with Crippen LogP contribution in [0.1, 0.15) is 32.6 Å². The van der Waals surface area contributed by atoms with E-state index in [2.05, 4.69) is 22.6 Å². The number of carbonyl (C=O) groups excluding carboxylic acids is 1. The summed E-state index contributed by atoms with van der Waals surface area (Å²) >= 11 is 2.18. The van der Waals surface area contributed by atoms with E-state index in [0.29, 0.717) is 6.04 Å². The molecule has 0 heterocycles. The Hall–Kier alpha value is 0.200. The summed E-state index contributed by atoms with van der Waals surface area (Å²) in [6.45, 7) is 1.95. The van der Waals surface area contributed by atoms with E-state index in [0.717, 1.165) is 0 Å². The molecule has 1 fully saturated rings. The van der Waals surface area contributed by atoms with Crippen LogP contribution in [0, 0.1) is 0 Å². The van der Waals surface area contributed by atoms with Crippen LogP contribution in [0.25, 0.3) is 0 Å². The van der Waals surface area contributed by atoms with Gasteiger partial charge in [0.1, 0.15) is 0 Å². The highest BCUT2D eigenvalue weighted by Gasteiger charge is 2.24. The highest BCUT2D eigenvalue weighted by Crippen LogP contribution is 2.23. The van der Waals surface area contributed by atoms with Gasteiger partial charge in [-0.15, -0.1) is 0 Å². The quantitative estimate of drug-likeness (QED) is 0.561. The van der Waals surface area contributed by atoms with Crippen LogP contribution in [0.4, 0.5) is 0 Å². The average molecular weight is 281 g/mol. The second kappa shape index (κ2) is 4.44. The zero-order chi connectivity index (χ0) is 9.14. The fraction of sp³-hybridized carbons (Fsp3) is 0.889. The molecule has 0 spiro atoms. The molecule has 0 aliphatic heterocycles. The van der Waals surface area contributed by atoms with Crippen molar-refractivity contribution in [3.8, 4) is 0 Å². The molecular formula is C9H16INO. The van der Waals surface area contributed by atoms with Crippen molar-refractivity contribution in [3.63, 3.8) is 0 Å². The van der Waals surface area contributed by atoms with E-state index in [1.807, 2.05) is 18.9 Å². The van der Waals surface area contributed by atoms with Gasteiger partial charge in [-0.3, -0.25) is 4.79 Å². The van der Waals surface area contributed by atoms with E-state index >= 15 is 0 Å². The number of halogens is 1. The summed E-state index contributed by atoms with van der Waals surface area (Å²) < 4.78 is 0.119. The zero-order valence-electron chi connectivity index (χ0n) is 7.72. The number of rotatable bonds is 2. The molecule has 1 aliphatic carbocycles. The molecule has 2 nitrogen and oxygen atoms in total. The van der Waals surface area contributed by atoms with Gasteiger partial charge in [0.15, 0.2) is 0 Å². The van der Waals surface area contributed by atoms with Crippen LogP contribution in [0.3, 0.4) is 0 Å². The predicted octanol–water partition coefficient (Wildman–Crippen LogP) is 2.21. The SMILES string of the molecule is CC(I)C(=O)N(C)C1CCCC1. The van der Waals surface area contributed by atoms with Crippen molar-refractivity contribution >= 4 is 28.5 Å². The van der Waals surface area contributed by atoms with Gasteiger partial charge < -0.3 is 4.90 Å². The minimum absolute atomic E-state index is 0.119. The van der Waals surface area contributed by atoms with E-state index < -0.39 is 0 Å². The third-order valence-corrected chi connectivity index (χ3v) is 3.09. The van der Waals surface area contributed by atoms with Crippen LogP contribution in [0.15, 0.2) is 0 Å². The Balaban J connectivity index is 2.45. The number of amides is 1. The highest BCUT2D eigenvalue weighted by atomic mass is 127. The Morgan fingerprint density at radius 2 is 2.00 bits per heavy atom. The van der Waals surface area contributed by atoms with E-state index in [9.17, 15) is 4.79 Å². The summed E-state index contributed by atoms with van der Waals surface area (Å²) in [6, 6.07) is 0.523. The molecule has 12 heavy (non-hydrogen) atoms. The molecular weight excluding hydrogens is 265 g/mol. The third kappa shape index (κ3) is 2.34. The van der Waals surface area contributed by atoms with E-state index in [1.54, 1.807) is 0 Å². The third-order valence-electron chi connectivity index (χ3n) is 2.56. The predicted molar refractivity (Wildman–Crippen MR) is 58.5 cm³/mol. The largest absolute Gasteiger partial charge is 0.342 e. The van der Waals surface area contributed by atoms with Gasteiger partial charge in [0.2, 0.25) is 5.91 Å². The maximum atomic E-state index is 11.5. The second-order valence-electron chi connectivity index (χ2n) is 3.50. The van der Waals surface area contributed by atoms with Crippen molar-refractivity contribution in [3.05, 3.63) is 0 Å². The average Bonchev–Trinajstić information content (AvgIpc) is 2.53. The van der Waals surface area contributed by atoms with Crippen molar-refractivity contribution in [2.75, 3.05) is 7.05 Å². The molecule has 0 aromatic rings. The van der Waals surface area contributed by atoms with Crippen LogP contribution in [-0.4, -0.2) is 27.8 Å². The first-order chi connectivity index (χ1) is 5.63. The number of hydrogen-bond donors (Lipinski definition) is 0. The van der Waals surface area contributed by atoms with Crippen molar-refractivity contribution in [2.45, 2.75) is 42.6 Å². The molecule has 1 saturated carbocycles. The Morgan fingerprint density at radius 1 is 1.50 bits per heavy atom. The topological polar surface area (TPSA) is 20.3 Å². The van der Waals surface area contributed by atoms with Crippen LogP contribution < -0.4 is 0 Å². The van der Waals surface area contributed by atoms with Gasteiger partial charge >= 0.3 is 0 Å². The fourth-order valence-corrected chi connectivity index (χ4v) is 2.19. The molecule has 1 unspecified atom stereocenters. The van der Waals surface area contributed by atoms with Gasteiger partial charge in [-0.1, -0.05) is 35.4 Å². The first-order valence-electron chi connectivity index (χ1n) is 4.53. The van der Waals surface area contributed by atoms with Crippen LogP contribution in [-0.2, 0) is 4.79 Å². The minimum Gasteiger partial charge on any atom is -0.342 e. The normalized spacial score (nSPS) is 20.9. The number of alkyl halides is 1. The Kier molecular flexibility index (Phi) is 3.80. The summed E-state index contributed by atoms with van der Waals surface area (Å²) in [4.78, 5) is 13.5. The second-order valence-corrected chi connectivity index (χ2v) is 5.37. The number of carbonyl (C=O) groups is 1. The maximum Gasteiger partial charge on any atom is 0.235 e. The molecule has 0 N–H and O–H groups in total. The van der Waals surface area contributed by atoms with Gasteiger partial charge in [-0.2, -0.15) is 0 Å². The van der Waals surface area contributed by atoms with Crippen LogP contribution >= 0.6 is 22.6 Å². The zero-order valence-corrected chi connectivity index (χ0v) is 9.87. The van der Waals surface area contributed by atoms with Crippen molar-refractivity contribution < 1.29 is 4.79 Å². The lowest BCUT2D eigenvalue weighted by atomic mass is 10.2. The van der Waals surface area contributed by atoms with Gasteiger partial charge in [-0.25, -0.2) is 0 Å². The molecule has 0 aromatic heterocycles. The smallest absolute Gasteiger partial charge is 0.235 e. The summed E-state index contributed by atoms with van der Waals surface area (Å²) in [5.41, 5.74) is 0. The molecule has 1 atom stereocenters. The molecule has 0 saturated heterocycles. The molecule has 1 rings (SSSR count). The first kappa shape index (κ1) is 10.3. The highest BCUT2D eigenvalue weighted by molar-refractivity contribution is 14.1. The minimum atomic E-state index is 0.119. The Morgan fingerprint density at radius 3 is 2.42 bits per heavy atom. The molecule has 3 heteroatoms. The van der Waals surface area contributed by atoms with E-state index in [4.69, 9.17) is 0 Å². The summed E-state index contributed by atoms with van der Waals surface area (Å²) in [5, 5.41) is 0. The lowest BCUT2D eigenvalue weighted by molar-refractivity contribution is -0.130. The van der Waals surface area contributed by atoms with E-state index in [-0.39, 0.29) is 9.83 Å². The number of hydrogen-bond acceptors (Lipinski definition) is 1.